The fourth-order valence-electron chi connectivity index (χ4n) is 2.91. The van der Waals surface area contributed by atoms with Gasteiger partial charge in [-0.3, -0.25) is 4.79 Å². The van der Waals surface area contributed by atoms with Crippen molar-refractivity contribution in [3.63, 3.8) is 0 Å². The van der Waals surface area contributed by atoms with Crippen molar-refractivity contribution >= 4 is 28.3 Å². The topological polar surface area (TPSA) is 73.9 Å². The number of esters is 1. The molecule has 0 radical (unpaired) electrons. The Morgan fingerprint density at radius 2 is 1.76 bits per heavy atom. The van der Waals surface area contributed by atoms with E-state index in [4.69, 9.17) is 14.2 Å². The van der Waals surface area contributed by atoms with Crippen molar-refractivity contribution < 1.29 is 23.8 Å². The quantitative estimate of drug-likeness (QED) is 0.581. The van der Waals surface area contributed by atoms with Crippen LogP contribution in [0.1, 0.15) is 22.8 Å². The highest BCUT2D eigenvalue weighted by atomic mass is 16.5. The molecule has 0 unspecified atom stereocenters. The van der Waals surface area contributed by atoms with Gasteiger partial charge in [0.1, 0.15) is 5.75 Å². The maximum Gasteiger partial charge on any atom is 0.338 e. The summed E-state index contributed by atoms with van der Waals surface area (Å²) in [5.74, 6) is -0.361. The van der Waals surface area contributed by atoms with E-state index in [1.807, 2.05) is 49.4 Å². The van der Waals surface area contributed by atoms with Crippen LogP contribution in [0.3, 0.4) is 0 Å². The van der Waals surface area contributed by atoms with Crippen LogP contribution < -0.4 is 10.1 Å². The summed E-state index contributed by atoms with van der Waals surface area (Å²) in [4.78, 5) is 24.5. The van der Waals surface area contributed by atoms with Gasteiger partial charge in [0, 0.05) is 17.9 Å². The van der Waals surface area contributed by atoms with Gasteiger partial charge in [-0.2, -0.15) is 0 Å². The van der Waals surface area contributed by atoms with E-state index in [1.54, 1.807) is 25.3 Å². The van der Waals surface area contributed by atoms with Crippen molar-refractivity contribution in [3.05, 3.63) is 71.8 Å². The van der Waals surface area contributed by atoms with E-state index in [0.717, 1.165) is 16.3 Å². The summed E-state index contributed by atoms with van der Waals surface area (Å²) in [6, 6.07) is 18.4. The fourth-order valence-corrected chi connectivity index (χ4v) is 2.91. The lowest BCUT2D eigenvalue weighted by molar-refractivity contribution is -0.119. The molecule has 150 valence electrons. The predicted molar refractivity (Wildman–Crippen MR) is 111 cm³/mol. The molecule has 6 heteroatoms. The maximum absolute atomic E-state index is 12.3. The Kier molecular flexibility index (Phi) is 6.81. The Balaban J connectivity index is 1.59. The molecule has 3 aromatic rings. The summed E-state index contributed by atoms with van der Waals surface area (Å²) in [6.07, 6.45) is 0. The lowest BCUT2D eigenvalue weighted by Gasteiger charge is -2.11. The molecule has 1 N–H and O–H groups in total. The van der Waals surface area contributed by atoms with Crippen LogP contribution in [0.4, 0.5) is 5.69 Å². The first-order valence-electron chi connectivity index (χ1n) is 9.31. The summed E-state index contributed by atoms with van der Waals surface area (Å²) >= 11 is 0. The van der Waals surface area contributed by atoms with Gasteiger partial charge in [-0.05, 0) is 48.0 Å². The molecular formula is C23H23NO5. The van der Waals surface area contributed by atoms with Crippen molar-refractivity contribution in [2.24, 2.45) is 0 Å². The zero-order valence-corrected chi connectivity index (χ0v) is 16.4. The van der Waals surface area contributed by atoms with Gasteiger partial charge in [0.05, 0.1) is 19.3 Å². The number of nitrogens with one attached hydrogen (secondary N) is 1. The number of amides is 1. The van der Waals surface area contributed by atoms with E-state index < -0.39 is 11.9 Å². The Morgan fingerprint density at radius 1 is 0.966 bits per heavy atom. The molecule has 0 heterocycles. The highest BCUT2D eigenvalue weighted by molar-refractivity contribution is 5.97. The zero-order chi connectivity index (χ0) is 20.6. The summed E-state index contributed by atoms with van der Waals surface area (Å²) in [5, 5.41) is 4.84. The zero-order valence-electron chi connectivity index (χ0n) is 16.4. The van der Waals surface area contributed by atoms with Crippen molar-refractivity contribution in [3.8, 4) is 5.75 Å². The third kappa shape index (κ3) is 5.33. The number of benzene rings is 3. The van der Waals surface area contributed by atoms with Crippen molar-refractivity contribution in [1.82, 2.24) is 0 Å². The van der Waals surface area contributed by atoms with E-state index in [-0.39, 0.29) is 6.61 Å². The van der Waals surface area contributed by atoms with Crippen LogP contribution >= 0.6 is 0 Å². The summed E-state index contributed by atoms with van der Waals surface area (Å²) in [7, 11) is 1.56. The van der Waals surface area contributed by atoms with Gasteiger partial charge >= 0.3 is 5.97 Å². The van der Waals surface area contributed by atoms with Crippen LogP contribution in [-0.2, 0) is 20.9 Å². The minimum Gasteiger partial charge on any atom is -0.496 e. The molecule has 0 bridgehead atoms. The molecular weight excluding hydrogens is 370 g/mol. The molecule has 3 aromatic carbocycles. The molecule has 0 aromatic heterocycles. The minimum atomic E-state index is -0.584. The molecule has 29 heavy (non-hydrogen) atoms. The van der Waals surface area contributed by atoms with Gasteiger partial charge in [-0.25, -0.2) is 4.79 Å². The molecule has 0 aliphatic heterocycles. The van der Waals surface area contributed by atoms with E-state index in [2.05, 4.69) is 5.32 Å². The molecule has 0 saturated carbocycles. The molecule has 3 rings (SSSR count). The predicted octanol–water partition coefficient (Wildman–Crippen LogP) is 4.18. The van der Waals surface area contributed by atoms with Crippen LogP contribution in [0, 0.1) is 0 Å². The van der Waals surface area contributed by atoms with Crippen LogP contribution in [0.15, 0.2) is 60.7 Å². The second-order valence-corrected chi connectivity index (χ2v) is 6.35. The number of anilines is 1. The summed E-state index contributed by atoms with van der Waals surface area (Å²) in [5.41, 5.74) is 1.72. The Morgan fingerprint density at radius 3 is 2.52 bits per heavy atom. The first-order chi connectivity index (χ1) is 14.1. The van der Waals surface area contributed by atoms with Crippen molar-refractivity contribution in [2.75, 3.05) is 25.6 Å². The lowest BCUT2D eigenvalue weighted by Crippen LogP contribution is -2.21. The maximum atomic E-state index is 12.3. The average molecular weight is 393 g/mol. The van der Waals surface area contributed by atoms with Gasteiger partial charge in [0.15, 0.2) is 6.61 Å². The smallest absolute Gasteiger partial charge is 0.338 e. The summed E-state index contributed by atoms with van der Waals surface area (Å²) < 4.78 is 15.8. The SMILES string of the molecule is CCOCc1cc(C(=O)OCC(=O)Nc2ccc3ccccc3c2)ccc1OC. The number of carbonyl (C=O) groups excluding carboxylic acids is 2. The second-order valence-electron chi connectivity index (χ2n) is 6.35. The first-order valence-corrected chi connectivity index (χ1v) is 9.31. The standard InChI is InChI=1S/C23H23NO5/c1-3-28-14-19-12-18(9-11-21(19)27-2)23(26)29-15-22(25)24-20-10-8-16-6-4-5-7-17(16)13-20/h4-13H,3,14-15H2,1-2H3,(H,24,25). The number of fused-ring (bicyclic) bond motifs is 1. The number of methoxy groups -OCH3 is 1. The molecule has 0 aliphatic carbocycles. The summed E-state index contributed by atoms with van der Waals surface area (Å²) in [6.45, 7) is 2.38. The molecule has 1 amide bonds. The normalized spacial score (nSPS) is 10.6. The highest BCUT2D eigenvalue weighted by Gasteiger charge is 2.14. The van der Waals surface area contributed by atoms with E-state index in [0.29, 0.717) is 30.2 Å². The number of ether oxygens (including phenoxy) is 3. The van der Waals surface area contributed by atoms with Crippen LogP contribution in [-0.4, -0.2) is 32.2 Å². The van der Waals surface area contributed by atoms with Crippen LogP contribution in [0.25, 0.3) is 10.8 Å². The Labute approximate surface area is 169 Å². The highest BCUT2D eigenvalue weighted by Crippen LogP contribution is 2.22. The number of rotatable bonds is 8. The lowest BCUT2D eigenvalue weighted by atomic mass is 10.1. The molecule has 6 nitrogen and oxygen atoms in total. The average Bonchev–Trinajstić information content (AvgIpc) is 2.75. The minimum absolute atomic E-state index is 0.323. The molecule has 0 saturated heterocycles. The molecule has 0 fully saturated rings. The molecule has 0 aliphatic rings. The van der Waals surface area contributed by atoms with E-state index >= 15 is 0 Å². The largest absolute Gasteiger partial charge is 0.496 e. The number of hydrogen-bond donors (Lipinski definition) is 1. The van der Waals surface area contributed by atoms with Crippen LogP contribution in [0.2, 0.25) is 0 Å². The van der Waals surface area contributed by atoms with E-state index in [9.17, 15) is 9.59 Å². The van der Waals surface area contributed by atoms with Gasteiger partial charge in [-0.1, -0.05) is 30.3 Å². The fraction of sp³-hybridized carbons (Fsp3) is 0.217. The van der Waals surface area contributed by atoms with Gasteiger partial charge < -0.3 is 19.5 Å². The first kappa shape index (κ1) is 20.4. The van der Waals surface area contributed by atoms with Crippen molar-refractivity contribution in [2.45, 2.75) is 13.5 Å². The third-order valence-electron chi connectivity index (χ3n) is 4.35. The Hall–Kier alpha value is -3.38. The van der Waals surface area contributed by atoms with Gasteiger partial charge in [-0.15, -0.1) is 0 Å². The monoisotopic (exact) mass is 393 g/mol. The van der Waals surface area contributed by atoms with E-state index in [1.165, 1.54) is 0 Å². The molecule has 0 atom stereocenters. The third-order valence-corrected chi connectivity index (χ3v) is 4.35. The Bertz CT molecular complexity index is 1020. The van der Waals surface area contributed by atoms with Crippen LogP contribution in [0.5, 0.6) is 5.75 Å². The second kappa shape index (κ2) is 9.71. The van der Waals surface area contributed by atoms with Gasteiger partial charge in [0.25, 0.3) is 5.91 Å². The van der Waals surface area contributed by atoms with Crippen molar-refractivity contribution in [1.29, 1.82) is 0 Å². The number of carbonyl (C=O) groups is 2. The molecule has 0 spiro atoms. The van der Waals surface area contributed by atoms with Gasteiger partial charge in [0.2, 0.25) is 0 Å². The number of hydrogen-bond acceptors (Lipinski definition) is 5.